The number of hydrogen-bond acceptors (Lipinski definition) is 9. The second-order valence-electron chi connectivity index (χ2n) is 10.8. The van der Waals surface area contributed by atoms with Crippen molar-refractivity contribution in [3.63, 3.8) is 0 Å². The normalized spacial score (nSPS) is 14.7. The maximum absolute atomic E-state index is 13.4. The number of ether oxygens (including phenoxy) is 1. The van der Waals surface area contributed by atoms with Crippen molar-refractivity contribution in [3.8, 4) is 22.8 Å². The molecule has 1 aliphatic rings. The first-order chi connectivity index (χ1) is 20.0. The van der Waals surface area contributed by atoms with Gasteiger partial charge in [-0.2, -0.15) is 0 Å². The number of nitrogens with zero attached hydrogens (tertiary/aromatic N) is 4. The lowest BCUT2D eigenvalue weighted by Gasteiger charge is -2.36. The molecule has 1 saturated heterocycles. The summed E-state index contributed by atoms with van der Waals surface area (Å²) in [5.74, 6) is 0.562. The third-order valence-corrected chi connectivity index (χ3v) is 9.17. The van der Waals surface area contributed by atoms with Crippen LogP contribution in [-0.4, -0.2) is 72.6 Å². The van der Waals surface area contributed by atoms with Gasteiger partial charge in [-0.05, 0) is 74.9 Å². The molecule has 5 rings (SSSR count). The zero-order valence-corrected chi connectivity index (χ0v) is 25.8. The Morgan fingerprint density at radius 2 is 1.79 bits per heavy atom. The number of anilines is 1. The smallest absolute Gasteiger partial charge is 0.257 e. The van der Waals surface area contributed by atoms with Gasteiger partial charge in [0, 0.05) is 67.7 Å². The number of nitrogens with one attached hydrogen (secondary N) is 1. The van der Waals surface area contributed by atoms with Crippen molar-refractivity contribution in [1.82, 2.24) is 19.8 Å². The van der Waals surface area contributed by atoms with Crippen molar-refractivity contribution in [1.29, 1.82) is 0 Å². The molecular weight excluding hydrogens is 571 g/mol. The summed E-state index contributed by atoms with van der Waals surface area (Å²) in [4.78, 5) is 27.7. The van der Waals surface area contributed by atoms with Crippen LogP contribution in [0.1, 0.15) is 35.5 Å². The van der Waals surface area contributed by atoms with E-state index in [1.54, 1.807) is 30.5 Å². The second kappa shape index (κ2) is 12.7. The maximum Gasteiger partial charge on any atom is 0.257 e. The Morgan fingerprint density at radius 1 is 1.05 bits per heavy atom. The summed E-state index contributed by atoms with van der Waals surface area (Å²) in [7, 11) is -3.33. The van der Waals surface area contributed by atoms with Gasteiger partial charge in [0.25, 0.3) is 5.91 Å². The molecule has 0 saturated carbocycles. The number of amides is 1. The van der Waals surface area contributed by atoms with Crippen molar-refractivity contribution in [3.05, 3.63) is 83.0 Å². The maximum atomic E-state index is 13.4. The lowest BCUT2D eigenvalue weighted by molar-refractivity contribution is 0.102. The number of benzene rings is 2. The molecule has 1 aliphatic heterocycles. The van der Waals surface area contributed by atoms with Gasteiger partial charge in [-0.3, -0.25) is 24.9 Å². The van der Waals surface area contributed by atoms with E-state index < -0.39 is 9.84 Å². The van der Waals surface area contributed by atoms with Crippen molar-refractivity contribution in [2.45, 2.75) is 38.3 Å². The van der Waals surface area contributed by atoms with Crippen LogP contribution in [0.3, 0.4) is 0 Å². The number of carbonyl (C=O) groups excluding carboxylic acids is 1. The van der Waals surface area contributed by atoms with Crippen LogP contribution in [0.5, 0.6) is 11.5 Å². The average molecular weight is 606 g/mol. The fraction of sp³-hybridized carbons (Fsp3) is 0.323. The van der Waals surface area contributed by atoms with Crippen LogP contribution in [0.25, 0.3) is 11.3 Å². The highest BCUT2D eigenvalue weighted by Gasteiger charge is 2.20. The molecule has 4 aromatic rings. The first-order valence-corrected chi connectivity index (χ1v) is 16.6. The summed E-state index contributed by atoms with van der Waals surface area (Å²) in [5.41, 5.74) is 3.74. The molecule has 9 nitrogen and oxygen atoms in total. The van der Waals surface area contributed by atoms with E-state index in [1.165, 1.54) is 23.5 Å². The number of hydrogen-bond donors (Lipinski definition) is 1. The lowest BCUT2D eigenvalue weighted by atomic mass is 10.0. The summed E-state index contributed by atoms with van der Waals surface area (Å²) in [6.45, 7) is 11.3. The fourth-order valence-corrected chi connectivity index (χ4v) is 6.20. The highest BCUT2D eigenvalue weighted by molar-refractivity contribution is 7.90. The SMILES string of the molecule is Cc1cccnc1-c1cc(Oc2ccc(S(C)(=O)=O)cc2)cc(C(=O)Nc2nc(CN3CCN(C(C)C)CC3)cs2)c1. The number of aryl methyl sites for hydroxylation is 1. The minimum absolute atomic E-state index is 0.202. The van der Waals surface area contributed by atoms with Gasteiger partial charge in [-0.25, -0.2) is 13.4 Å². The number of aromatic nitrogens is 2. The summed E-state index contributed by atoms with van der Waals surface area (Å²) >= 11 is 1.41. The fourth-order valence-electron chi connectivity index (χ4n) is 4.88. The molecule has 0 bridgehead atoms. The van der Waals surface area contributed by atoms with Crippen LogP contribution < -0.4 is 10.1 Å². The lowest BCUT2D eigenvalue weighted by Crippen LogP contribution is -2.48. The van der Waals surface area contributed by atoms with Crippen LogP contribution in [0.4, 0.5) is 5.13 Å². The van der Waals surface area contributed by atoms with Gasteiger partial charge < -0.3 is 4.74 Å². The Bertz CT molecular complexity index is 1660. The third-order valence-electron chi connectivity index (χ3n) is 7.23. The van der Waals surface area contributed by atoms with Gasteiger partial charge >= 0.3 is 0 Å². The predicted octanol–water partition coefficient (Wildman–Crippen LogP) is 5.49. The Hall–Kier alpha value is -3.64. The number of pyridine rings is 1. The Balaban J connectivity index is 1.34. The van der Waals surface area contributed by atoms with E-state index >= 15 is 0 Å². The van der Waals surface area contributed by atoms with Crippen LogP contribution in [0.2, 0.25) is 0 Å². The summed E-state index contributed by atoms with van der Waals surface area (Å²) in [6, 6.07) is 15.8. The molecule has 2 aromatic carbocycles. The number of piperazine rings is 1. The van der Waals surface area contributed by atoms with Gasteiger partial charge in [0.15, 0.2) is 15.0 Å². The summed E-state index contributed by atoms with van der Waals surface area (Å²) in [6.07, 6.45) is 2.87. The molecule has 220 valence electrons. The van der Waals surface area contributed by atoms with Gasteiger partial charge in [-0.1, -0.05) is 6.07 Å². The van der Waals surface area contributed by atoms with Crippen LogP contribution in [-0.2, 0) is 16.4 Å². The van der Waals surface area contributed by atoms with Crippen molar-refractivity contribution < 1.29 is 17.9 Å². The molecular formula is C31H35N5O4S2. The van der Waals surface area contributed by atoms with Crippen molar-refractivity contribution in [2.75, 3.05) is 37.8 Å². The number of thiazole rings is 1. The van der Waals surface area contributed by atoms with Crippen LogP contribution in [0.15, 0.2) is 71.1 Å². The van der Waals surface area contributed by atoms with Crippen molar-refractivity contribution >= 4 is 32.2 Å². The Labute approximate surface area is 251 Å². The van der Waals surface area contributed by atoms with E-state index in [0.717, 1.165) is 61.5 Å². The Morgan fingerprint density at radius 3 is 2.45 bits per heavy atom. The van der Waals surface area contributed by atoms with E-state index in [2.05, 4.69) is 38.9 Å². The summed E-state index contributed by atoms with van der Waals surface area (Å²) in [5, 5.41) is 5.47. The zero-order valence-electron chi connectivity index (χ0n) is 24.2. The minimum Gasteiger partial charge on any atom is -0.457 e. The molecule has 0 radical (unpaired) electrons. The third kappa shape index (κ3) is 7.40. The molecule has 2 aromatic heterocycles. The predicted molar refractivity (Wildman–Crippen MR) is 166 cm³/mol. The first kappa shape index (κ1) is 29.8. The van der Waals surface area contributed by atoms with Crippen molar-refractivity contribution in [2.24, 2.45) is 0 Å². The molecule has 0 unspecified atom stereocenters. The molecule has 1 amide bonds. The van der Waals surface area contributed by atoms with Crippen LogP contribution >= 0.6 is 11.3 Å². The number of sulfone groups is 1. The van der Waals surface area contributed by atoms with Crippen LogP contribution in [0, 0.1) is 6.92 Å². The van der Waals surface area contributed by atoms with E-state index in [-0.39, 0.29) is 10.8 Å². The molecule has 0 aliphatic carbocycles. The first-order valence-electron chi connectivity index (χ1n) is 13.8. The van der Waals surface area contributed by atoms with E-state index in [9.17, 15) is 13.2 Å². The number of rotatable bonds is 9. The molecule has 1 N–H and O–H groups in total. The molecule has 1 fully saturated rings. The molecule has 0 atom stereocenters. The molecule has 0 spiro atoms. The zero-order chi connectivity index (χ0) is 29.9. The molecule has 11 heteroatoms. The van der Waals surface area contributed by atoms with E-state index in [0.29, 0.717) is 28.2 Å². The molecule has 42 heavy (non-hydrogen) atoms. The largest absolute Gasteiger partial charge is 0.457 e. The Kier molecular flexibility index (Phi) is 9.02. The van der Waals surface area contributed by atoms with Gasteiger partial charge in [-0.15, -0.1) is 11.3 Å². The topological polar surface area (TPSA) is 105 Å². The molecule has 3 heterocycles. The van der Waals surface area contributed by atoms with Gasteiger partial charge in [0.05, 0.1) is 16.3 Å². The minimum atomic E-state index is -3.33. The highest BCUT2D eigenvalue weighted by atomic mass is 32.2. The highest BCUT2D eigenvalue weighted by Crippen LogP contribution is 2.31. The standard InChI is InChI=1S/C31H35N5O4S2/c1-21(2)36-14-12-35(13-15-36)19-25-20-41-31(33-25)34-30(37)24-16-23(29-22(3)6-5-11-32-29)17-27(18-24)40-26-7-9-28(10-8-26)42(4,38)39/h5-11,16-18,20-21H,12-15,19H2,1-4H3,(H,33,34,37). The van der Waals surface area contributed by atoms with E-state index in [4.69, 9.17) is 4.74 Å². The quantitative estimate of drug-likeness (QED) is 0.267. The van der Waals surface area contributed by atoms with Gasteiger partial charge in [0.2, 0.25) is 0 Å². The van der Waals surface area contributed by atoms with Gasteiger partial charge in [0.1, 0.15) is 11.5 Å². The second-order valence-corrected chi connectivity index (χ2v) is 13.6. The summed E-state index contributed by atoms with van der Waals surface area (Å²) < 4.78 is 29.8. The number of carbonyl (C=O) groups is 1. The average Bonchev–Trinajstić information content (AvgIpc) is 3.39. The van der Waals surface area contributed by atoms with E-state index in [1.807, 2.05) is 30.5 Å². The monoisotopic (exact) mass is 605 g/mol.